The van der Waals surface area contributed by atoms with Crippen LogP contribution in [0.3, 0.4) is 0 Å². The second kappa shape index (κ2) is 4.85. The molecule has 0 fully saturated rings. The maximum Gasteiger partial charge on any atom is 0.340 e. The summed E-state index contributed by atoms with van der Waals surface area (Å²) in [6.45, 7) is 6.84. The average Bonchev–Trinajstić information content (AvgIpc) is 2.72. The fourth-order valence-electron chi connectivity index (χ4n) is 1.77. The normalized spacial score (nSPS) is 23.6. The first kappa shape index (κ1) is 14.4. The van der Waals surface area contributed by atoms with Crippen molar-refractivity contribution in [3.63, 3.8) is 0 Å². The fraction of sp³-hybridized carbons (Fsp3) is 0.571. The van der Waals surface area contributed by atoms with Crippen LogP contribution in [0.4, 0.5) is 0 Å². The van der Waals surface area contributed by atoms with Crippen LogP contribution < -0.4 is 0 Å². The lowest BCUT2D eigenvalue weighted by Gasteiger charge is -2.05. The van der Waals surface area contributed by atoms with Crippen molar-refractivity contribution in [1.82, 2.24) is 0 Å². The molecule has 6 heteroatoms. The molecule has 0 radical (unpaired) electrons. The first-order chi connectivity index (χ1) is 9.21. The monoisotopic (exact) mass is 278 g/mol. The van der Waals surface area contributed by atoms with Crippen LogP contribution in [0.1, 0.15) is 40.5 Å². The Bertz CT molecular complexity index is 493. The Labute approximate surface area is 117 Å². The molecular formula is C14H18N2O4. The molecule has 0 N–H and O–H groups in total. The zero-order valence-corrected chi connectivity index (χ0v) is 12.1. The maximum absolute atomic E-state index is 11.4. The SMILES string of the molecule is CC1(C)N=C(C/C=C/CC2=NC(C)(C)C(=O)O2)OC1=O. The number of cyclic esters (lactones) is 2. The molecule has 2 aliphatic rings. The zero-order valence-electron chi connectivity index (χ0n) is 12.1. The summed E-state index contributed by atoms with van der Waals surface area (Å²) in [5.74, 6) is 0.136. The highest BCUT2D eigenvalue weighted by atomic mass is 16.6. The van der Waals surface area contributed by atoms with Crippen molar-refractivity contribution in [3.8, 4) is 0 Å². The molecule has 0 atom stereocenters. The molecule has 0 aromatic rings. The molecule has 20 heavy (non-hydrogen) atoms. The van der Waals surface area contributed by atoms with E-state index in [-0.39, 0.29) is 11.9 Å². The molecule has 2 rings (SSSR count). The number of carbonyl (C=O) groups excluding carboxylic acids is 2. The minimum absolute atomic E-state index is 0.336. The van der Waals surface area contributed by atoms with E-state index < -0.39 is 11.1 Å². The van der Waals surface area contributed by atoms with Gasteiger partial charge in [0.2, 0.25) is 0 Å². The molecule has 0 saturated heterocycles. The maximum atomic E-state index is 11.4. The summed E-state index contributed by atoms with van der Waals surface area (Å²) in [6.07, 6.45) is 4.49. The van der Waals surface area contributed by atoms with Gasteiger partial charge in [0.15, 0.2) is 22.9 Å². The van der Waals surface area contributed by atoms with Crippen LogP contribution in [-0.2, 0) is 19.1 Å². The van der Waals surface area contributed by atoms with E-state index in [4.69, 9.17) is 9.47 Å². The van der Waals surface area contributed by atoms with Crippen LogP contribution in [0.5, 0.6) is 0 Å². The largest absolute Gasteiger partial charge is 0.410 e. The molecule has 0 bridgehead atoms. The molecule has 0 amide bonds. The van der Waals surface area contributed by atoms with Gasteiger partial charge in [-0.05, 0) is 27.7 Å². The van der Waals surface area contributed by atoms with Crippen molar-refractivity contribution in [2.75, 3.05) is 0 Å². The van der Waals surface area contributed by atoms with Crippen molar-refractivity contribution >= 4 is 23.7 Å². The fourth-order valence-corrected chi connectivity index (χ4v) is 1.77. The molecular weight excluding hydrogens is 260 g/mol. The predicted molar refractivity (Wildman–Crippen MR) is 73.6 cm³/mol. The number of carbonyl (C=O) groups is 2. The molecule has 0 spiro atoms. The quantitative estimate of drug-likeness (QED) is 0.580. The van der Waals surface area contributed by atoms with E-state index in [2.05, 4.69) is 9.98 Å². The highest BCUT2D eigenvalue weighted by Gasteiger charge is 2.37. The van der Waals surface area contributed by atoms with Gasteiger partial charge in [-0.2, -0.15) is 0 Å². The standard InChI is InChI=1S/C14H18N2O4/c1-13(2)11(17)19-9(15-13)7-5-6-8-10-16-14(3,4)12(18)20-10/h5-6H,7-8H2,1-4H3/b6-5+. The van der Waals surface area contributed by atoms with Crippen LogP contribution in [0.25, 0.3) is 0 Å². The summed E-state index contributed by atoms with van der Waals surface area (Å²) in [4.78, 5) is 31.2. The second-order valence-electron chi connectivity index (χ2n) is 5.79. The molecule has 2 heterocycles. The van der Waals surface area contributed by atoms with Crippen LogP contribution in [0.15, 0.2) is 22.1 Å². The lowest BCUT2D eigenvalue weighted by atomic mass is 10.1. The minimum Gasteiger partial charge on any atom is -0.410 e. The van der Waals surface area contributed by atoms with Crippen LogP contribution in [-0.4, -0.2) is 34.8 Å². The summed E-state index contributed by atoms with van der Waals surface area (Å²) in [5.41, 5.74) is -1.59. The van der Waals surface area contributed by atoms with Gasteiger partial charge in [-0.25, -0.2) is 19.6 Å². The third-order valence-electron chi connectivity index (χ3n) is 2.98. The summed E-state index contributed by atoms with van der Waals surface area (Å²) >= 11 is 0. The number of nitrogens with zero attached hydrogens (tertiary/aromatic N) is 2. The number of esters is 2. The molecule has 2 aliphatic heterocycles. The van der Waals surface area contributed by atoms with E-state index in [1.165, 1.54) is 0 Å². The first-order valence-corrected chi connectivity index (χ1v) is 6.48. The number of hydrogen-bond acceptors (Lipinski definition) is 6. The highest BCUT2D eigenvalue weighted by molar-refractivity contribution is 6.00. The highest BCUT2D eigenvalue weighted by Crippen LogP contribution is 2.21. The lowest BCUT2D eigenvalue weighted by molar-refractivity contribution is -0.138. The van der Waals surface area contributed by atoms with Gasteiger partial charge >= 0.3 is 11.9 Å². The van der Waals surface area contributed by atoms with Gasteiger partial charge < -0.3 is 9.47 Å². The molecule has 108 valence electrons. The van der Waals surface area contributed by atoms with Crippen molar-refractivity contribution < 1.29 is 19.1 Å². The van der Waals surface area contributed by atoms with E-state index in [0.29, 0.717) is 24.6 Å². The Morgan fingerprint density at radius 3 is 1.45 bits per heavy atom. The summed E-state index contributed by atoms with van der Waals surface area (Å²) < 4.78 is 10.1. The third kappa shape index (κ3) is 2.95. The number of aliphatic imine (C=N–C) groups is 2. The molecule has 6 nitrogen and oxygen atoms in total. The second-order valence-corrected chi connectivity index (χ2v) is 5.79. The van der Waals surface area contributed by atoms with Gasteiger partial charge in [-0.15, -0.1) is 0 Å². The topological polar surface area (TPSA) is 77.3 Å². The van der Waals surface area contributed by atoms with E-state index in [0.717, 1.165) is 0 Å². The summed E-state index contributed by atoms with van der Waals surface area (Å²) in [5, 5.41) is 0. The van der Waals surface area contributed by atoms with Crippen LogP contribution in [0.2, 0.25) is 0 Å². The van der Waals surface area contributed by atoms with Crippen molar-refractivity contribution in [2.45, 2.75) is 51.6 Å². The molecule has 0 saturated carbocycles. The average molecular weight is 278 g/mol. The van der Waals surface area contributed by atoms with Gasteiger partial charge in [0.25, 0.3) is 0 Å². The molecule has 0 aromatic heterocycles. The predicted octanol–water partition coefficient (Wildman–Crippen LogP) is 1.79. The number of ether oxygens (including phenoxy) is 2. The Hall–Kier alpha value is -1.98. The molecule has 0 unspecified atom stereocenters. The number of rotatable bonds is 4. The third-order valence-corrected chi connectivity index (χ3v) is 2.98. The zero-order chi connectivity index (χ0) is 15.0. The van der Waals surface area contributed by atoms with Gasteiger partial charge in [0.1, 0.15) is 0 Å². The lowest BCUT2D eigenvalue weighted by Crippen LogP contribution is -2.25. The van der Waals surface area contributed by atoms with E-state index >= 15 is 0 Å². The summed E-state index contributed by atoms with van der Waals surface area (Å²) in [6, 6.07) is 0. The van der Waals surface area contributed by atoms with Gasteiger partial charge in [-0.1, -0.05) is 12.2 Å². The molecule has 0 aromatic carbocycles. The molecule has 0 aliphatic carbocycles. The van der Waals surface area contributed by atoms with E-state index in [1.807, 2.05) is 12.2 Å². The smallest absolute Gasteiger partial charge is 0.340 e. The Balaban J connectivity index is 1.85. The Kier molecular flexibility index (Phi) is 3.50. The summed E-state index contributed by atoms with van der Waals surface area (Å²) in [7, 11) is 0. The Morgan fingerprint density at radius 2 is 1.20 bits per heavy atom. The van der Waals surface area contributed by atoms with Crippen molar-refractivity contribution in [1.29, 1.82) is 0 Å². The van der Waals surface area contributed by atoms with E-state index in [1.54, 1.807) is 27.7 Å². The van der Waals surface area contributed by atoms with Crippen LogP contribution >= 0.6 is 0 Å². The van der Waals surface area contributed by atoms with Gasteiger partial charge in [0, 0.05) is 12.8 Å². The van der Waals surface area contributed by atoms with Crippen LogP contribution in [0, 0.1) is 0 Å². The minimum atomic E-state index is -0.793. The van der Waals surface area contributed by atoms with E-state index in [9.17, 15) is 9.59 Å². The Morgan fingerprint density at radius 1 is 0.850 bits per heavy atom. The van der Waals surface area contributed by atoms with Crippen molar-refractivity contribution in [3.05, 3.63) is 12.2 Å². The van der Waals surface area contributed by atoms with Gasteiger partial charge in [0.05, 0.1) is 0 Å². The first-order valence-electron chi connectivity index (χ1n) is 6.48. The van der Waals surface area contributed by atoms with Gasteiger partial charge in [-0.3, -0.25) is 0 Å². The van der Waals surface area contributed by atoms with Crippen molar-refractivity contribution in [2.24, 2.45) is 9.98 Å². The number of hydrogen-bond donors (Lipinski definition) is 0.